The molecule has 0 radical (unpaired) electrons. The van der Waals surface area contributed by atoms with Gasteiger partial charge >= 0.3 is 0 Å². The molecule has 2 fully saturated rings. The molecule has 0 saturated heterocycles. The number of nitrogens with two attached hydrogens (primary N) is 1. The predicted octanol–water partition coefficient (Wildman–Crippen LogP) is 3.79. The molecule has 0 aromatic heterocycles. The van der Waals surface area contributed by atoms with E-state index in [2.05, 4.69) is 11.9 Å². The molecule has 1 aromatic carbocycles. The molecular weight excluding hydrogens is 256 g/mol. The molecule has 104 valence electrons. The van der Waals surface area contributed by atoms with E-state index >= 15 is 0 Å². The molecule has 0 heterocycles. The average Bonchev–Trinajstić information content (AvgIpc) is 2.88. The van der Waals surface area contributed by atoms with Crippen molar-refractivity contribution in [2.24, 2.45) is 17.8 Å². The van der Waals surface area contributed by atoms with Crippen LogP contribution in [0.2, 0.25) is 5.02 Å². The molecule has 3 heteroatoms. The van der Waals surface area contributed by atoms with E-state index in [1.807, 2.05) is 12.1 Å². The Morgan fingerprint density at radius 1 is 1.26 bits per heavy atom. The van der Waals surface area contributed by atoms with Gasteiger partial charge in [-0.1, -0.05) is 18.0 Å². The number of hydrogen-bond acceptors (Lipinski definition) is 2. The smallest absolute Gasteiger partial charge is 0.0429 e. The first-order chi connectivity index (χ1) is 9.10. The Kier molecular flexibility index (Phi) is 3.72. The van der Waals surface area contributed by atoms with Gasteiger partial charge in [0.1, 0.15) is 0 Å². The van der Waals surface area contributed by atoms with Crippen molar-refractivity contribution in [1.82, 2.24) is 4.90 Å². The van der Waals surface area contributed by atoms with Gasteiger partial charge in [0.15, 0.2) is 0 Å². The van der Waals surface area contributed by atoms with Crippen LogP contribution in [-0.2, 0) is 6.54 Å². The number of halogens is 1. The highest BCUT2D eigenvalue weighted by molar-refractivity contribution is 6.30. The summed E-state index contributed by atoms with van der Waals surface area (Å²) in [6, 6.07) is 5.86. The quantitative estimate of drug-likeness (QED) is 0.849. The Balaban J connectivity index is 1.57. The fourth-order valence-corrected chi connectivity index (χ4v) is 4.41. The molecule has 3 unspecified atom stereocenters. The van der Waals surface area contributed by atoms with E-state index in [0.717, 1.165) is 35.0 Å². The third kappa shape index (κ3) is 3.06. The molecule has 1 aromatic rings. The SMILES string of the molecule is CN(Cc1cc(N)cc(Cl)c1)CC1CC2CCC1C2. The van der Waals surface area contributed by atoms with E-state index in [9.17, 15) is 0 Å². The van der Waals surface area contributed by atoms with Crippen molar-refractivity contribution in [3.05, 3.63) is 28.8 Å². The molecule has 2 bridgehead atoms. The number of benzene rings is 1. The first-order valence-electron chi connectivity index (χ1n) is 7.33. The van der Waals surface area contributed by atoms with Crippen molar-refractivity contribution in [1.29, 1.82) is 0 Å². The topological polar surface area (TPSA) is 29.3 Å². The number of hydrogen-bond donors (Lipinski definition) is 1. The maximum atomic E-state index is 6.06. The Bertz CT molecular complexity index is 440. The molecule has 0 aliphatic heterocycles. The third-order valence-corrected chi connectivity index (χ3v) is 5.08. The van der Waals surface area contributed by atoms with Gasteiger partial charge in [0.25, 0.3) is 0 Å². The number of anilines is 1. The van der Waals surface area contributed by atoms with E-state index in [1.165, 1.54) is 37.8 Å². The Hall–Kier alpha value is -0.730. The van der Waals surface area contributed by atoms with Gasteiger partial charge in [0.05, 0.1) is 0 Å². The zero-order chi connectivity index (χ0) is 13.4. The molecule has 0 spiro atoms. The second kappa shape index (κ2) is 5.34. The first-order valence-corrected chi connectivity index (χ1v) is 7.71. The molecular formula is C16H23ClN2. The summed E-state index contributed by atoms with van der Waals surface area (Å²) in [5, 5.41) is 0.739. The largest absolute Gasteiger partial charge is 0.399 e. The standard InChI is InChI=1S/C16H23ClN2/c1-19(9-12-6-15(17)8-16(18)7-12)10-14-5-11-2-3-13(14)4-11/h6-8,11,13-14H,2-5,9-10,18H2,1H3. The highest BCUT2D eigenvalue weighted by Gasteiger charge is 2.39. The van der Waals surface area contributed by atoms with Gasteiger partial charge in [-0.05, 0) is 67.8 Å². The van der Waals surface area contributed by atoms with Crippen molar-refractivity contribution in [3.8, 4) is 0 Å². The Labute approximate surface area is 120 Å². The summed E-state index contributed by atoms with van der Waals surface area (Å²) >= 11 is 6.06. The van der Waals surface area contributed by atoms with Crippen molar-refractivity contribution in [2.45, 2.75) is 32.2 Å². The number of fused-ring (bicyclic) bond motifs is 2. The van der Waals surface area contributed by atoms with Crippen LogP contribution in [0.1, 0.15) is 31.2 Å². The van der Waals surface area contributed by atoms with E-state index in [0.29, 0.717) is 0 Å². The van der Waals surface area contributed by atoms with Gasteiger partial charge < -0.3 is 10.6 Å². The lowest BCUT2D eigenvalue weighted by Crippen LogP contribution is -2.28. The molecule has 2 aliphatic carbocycles. The van der Waals surface area contributed by atoms with Crippen molar-refractivity contribution >= 4 is 17.3 Å². The lowest BCUT2D eigenvalue weighted by molar-refractivity contribution is 0.214. The zero-order valence-electron chi connectivity index (χ0n) is 11.6. The molecule has 2 saturated carbocycles. The summed E-state index contributed by atoms with van der Waals surface area (Å²) < 4.78 is 0. The maximum Gasteiger partial charge on any atom is 0.0429 e. The Morgan fingerprint density at radius 3 is 2.74 bits per heavy atom. The molecule has 2 nitrogen and oxygen atoms in total. The monoisotopic (exact) mass is 278 g/mol. The van der Waals surface area contributed by atoms with Crippen molar-refractivity contribution in [2.75, 3.05) is 19.3 Å². The number of nitrogen functional groups attached to an aromatic ring is 1. The van der Waals surface area contributed by atoms with E-state index in [1.54, 1.807) is 6.07 Å². The normalized spacial score (nSPS) is 29.3. The maximum absolute atomic E-state index is 6.06. The summed E-state index contributed by atoms with van der Waals surface area (Å²) in [7, 11) is 2.21. The van der Waals surface area contributed by atoms with Crippen LogP contribution in [0, 0.1) is 17.8 Å². The second-order valence-electron chi connectivity index (χ2n) is 6.52. The molecule has 2 N–H and O–H groups in total. The van der Waals surface area contributed by atoms with Crippen LogP contribution >= 0.6 is 11.6 Å². The van der Waals surface area contributed by atoms with Crippen LogP contribution in [0.4, 0.5) is 5.69 Å². The summed E-state index contributed by atoms with van der Waals surface area (Å²) in [5.41, 5.74) is 7.82. The van der Waals surface area contributed by atoms with Gasteiger partial charge in [-0.3, -0.25) is 0 Å². The second-order valence-corrected chi connectivity index (χ2v) is 6.96. The lowest BCUT2D eigenvalue weighted by Gasteiger charge is -2.27. The number of rotatable bonds is 4. The Morgan fingerprint density at radius 2 is 2.11 bits per heavy atom. The minimum absolute atomic E-state index is 0.739. The van der Waals surface area contributed by atoms with Crippen LogP contribution in [0.3, 0.4) is 0 Å². The van der Waals surface area contributed by atoms with Gasteiger partial charge in [-0.2, -0.15) is 0 Å². The minimum Gasteiger partial charge on any atom is -0.399 e. The van der Waals surface area contributed by atoms with Crippen LogP contribution in [0.5, 0.6) is 0 Å². The van der Waals surface area contributed by atoms with Gasteiger partial charge in [-0.25, -0.2) is 0 Å². The molecule has 0 amide bonds. The molecule has 19 heavy (non-hydrogen) atoms. The van der Waals surface area contributed by atoms with Crippen molar-refractivity contribution < 1.29 is 0 Å². The highest BCUT2D eigenvalue weighted by atomic mass is 35.5. The van der Waals surface area contributed by atoms with E-state index in [-0.39, 0.29) is 0 Å². The van der Waals surface area contributed by atoms with E-state index in [4.69, 9.17) is 17.3 Å². The average molecular weight is 279 g/mol. The van der Waals surface area contributed by atoms with Crippen LogP contribution in [0.25, 0.3) is 0 Å². The fourth-order valence-electron chi connectivity index (χ4n) is 4.14. The highest BCUT2D eigenvalue weighted by Crippen LogP contribution is 2.48. The van der Waals surface area contributed by atoms with Crippen molar-refractivity contribution in [3.63, 3.8) is 0 Å². The lowest BCUT2D eigenvalue weighted by atomic mass is 9.88. The van der Waals surface area contributed by atoms with Crippen LogP contribution in [0.15, 0.2) is 18.2 Å². The molecule has 3 atom stereocenters. The molecule has 3 rings (SSSR count). The van der Waals surface area contributed by atoms with Gasteiger partial charge in [0.2, 0.25) is 0 Å². The van der Waals surface area contributed by atoms with Crippen LogP contribution in [-0.4, -0.2) is 18.5 Å². The minimum atomic E-state index is 0.739. The van der Waals surface area contributed by atoms with Gasteiger partial charge in [0, 0.05) is 23.8 Å². The molecule has 2 aliphatic rings. The summed E-state index contributed by atoms with van der Waals surface area (Å²) in [5.74, 6) is 2.95. The fraction of sp³-hybridized carbons (Fsp3) is 0.625. The predicted molar refractivity (Wildman–Crippen MR) is 81.1 cm³/mol. The van der Waals surface area contributed by atoms with Gasteiger partial charge in [-0.15, -0.1) is 0 Å². The first kappa shape index (κ1) is 13.3. The third-order valence-electron chi connectivity index (χ3n) is 4.86. The summed E-state index contributed by atoms with van der Waals surface area (Å²) in [4.78, 5) is 2.43. The van der Waals surface area contributed by atoms with E-state index < -0.39 is 0 Å². The summed E-state index contributed by atoms with van der Waals surface area (Å²) in [6.07, 6.45) is 5.89. The zero-order valence-corrected chi connectivity index (χ0v) is 12.4. The van der Waals surface area contributed by atoms with Crippen LogP contribution < -0.4 is 5.73 Å². The number of nitrogens with zero attached hydrogens (tertiary/aromatic N) is 1. The summed E-state index contributed by atoms with van der Waals surface area (Å²) in [6.45, 7) is 2.16.